The fourth-order valence-electron chi connectivity index (χ4n) is 3.49. The summed E-state index contributed by atoms with van der Waals surface area (Å²) in [6.45, 7) is 7.55. The van der Waals surface area contributed by atoms with E-state index >= 15 is 0 Å². The second-order valence-corrected chi connectivity index (χ2v) is 7.28. The third-order valence-corrected chi connectivity index (χ3v) is 5.29. The molecule has 0 unspecified atom stereocenters. The lowest BCUT2D eigenvalue weighted by atomic mass is 10.1. The van der Waals surface area contributed by atoms with Gasteiger partial charge in [-0.2, -0.15) is 0 Å². The van der Waals surface area contributed by atoms with Crippen LogP contribution in [0.4, 0.5) is 11.4 Å². The average Bonchev–Trinajstić information content (AvgIpc) is 3.12. The SMILES string of the molecule is CCN(CC)C(=O)c1ccc(NC(=O)[C@H]2CC(=O)N(c3ccc(C)cc3)C2)cc1. The molecule has 2 aromatic carbocycles. The number of carbonyl (C=O) groups excluding carboxylic acids is 3. The molecule has 1 fully saturated rings. The van der Waals surface area contributed by atoms with Crippen molar-refractivity contribution < 1.29 is 14.4 Å². The summed E-state index contributed by atoms with van der Waals surface area (Å²) in [5.74, 6) is -0.659. The topological polar surface area (TPSA) is 69.7 Å². The molecule has 1 N–H and O–H groups in total. The molecular formula is C23H27N3O3. The lowest BCUT2D eigenvalue weighted by molar-refractivity contribution is -0.122. The highest BCUT2D eigenvalue weighted by molar-refractivity contribution is 6.03. The Labute approximate surface area is 171 Å². The first-order valence-corrected chi connectivity index (χ1v) is 10.00. The van der Waals surface area contributed by atoms with Crippen LogP contribution in [0.1, 0.15) is 36.2 Å². The molecule has 2 aromatic rings. The summed E-state index contributed by atoms with van der Waals surface area (Å²) in [6, 6.07) is 14.6. The van der Waals surface area contributed by atoms with Gasteiger partial charge >= 0.3 is 0 Å². The molecule has 1 atom stereocenters. The van der Waals surface area contributed by atoms with Crippen molar-refractivity contribution in [3.8, 4) is 0 Å². The normalized spacial score (nSPS) is 16.0. The Morgan fingerprint density at radius 2 is 1.66 bits per heavy atom. The molecule has 1 saturated heterocycles. The fourth-order valence-corrected chi connectivity index (χ4v) is 3.49. The van der Waals surface area contributed by atoms with Crippen LogP contribution in [0.15, 0.2) is 48.5 Å². The van der Waals surface area contributed by atoms with Crippen molar-refractivity contribution in [3.05, 3.63) is 59.7 Å². The minimum absolute atomic E-state index is 0.0250. The van der Waals surface area contributed by atoms with Crippen LogP contribution < -0.4 is 10.2 Å². The van der Waals surface area contributed by atoms with Crippen LogP contribution in [-0.4, -0.2) is 42.3 Å². The van der Waals surface area contributed by atoms with Gasteiger partial charge in [0.05, 0.1) is 5.92 Å². The maximum atomic E-state index is 12.6. The number of amides is 3. The van der Waals surface area contributed by atoms with E-state index in [-0.39, 0.29) is 24.1 Å². The smallest absolute Gasteiger partial charge is 0.253 e. The standard InChI is InChI=1S/C23H27N3O3/c1-4-25(5-2)23(29)17-8-10-19(11-9-17)24-22(28)18-14-21(27)26(15-18)20-12-6-16(3)7-13-20/h6-13,18H,4-5,14-15H2,1-3H3,(H,24,28)/t18-/m0/s1. The van der Waals surface area contributed by atoms with Crippen LogP contribution in [0.25, 0.3) is 0 Å². The van der Waals surface area contributed by atoms with Crippen LogP contribution >= 0.6 is 0 Å². The summed E-state index contributed by atoms with van der Waals surface area (Å²) in [5.41, 5.74) is 3.15. The molecule has 0 bridgehead atoms. The van der Waals surface area contributed by atoms with E-state index < -0.39 is 5.92 Å². The van der Waals surface area contributed by atoms with Gasteiger partial charge in [-0.15, -0.1) is 0 Å². The number of nitrogens with one attached hydrogen (secondary N) is 1. The van der Waals surface area contributed by atoms with Gasteiger partial charge in [0.1, 0.15) is 0 Å². The van der Waals surface area contributed by atoms with Crippen molar-refractivity contribution in [1.29, 1.82) is 0 Å². The first-order chi connectivity index (χ1) is 13.9. The molecular weight excluding hydrogens is 366 g/mol. The summed E-state index contributed by atoms with van der Waals surface area (Å²) in [4.78, 5) is 40.8. The first kappa shape index (κ1) is 20.6. The quantitative estimate of drug-likeness (QED) is 0.817. The third-order valence-electron chi connectivity index (χ3n) is 5.29. The molecule has 29 heavy (non-hydrogen) atoms. The van der Waals surface area contributed by atoms with E-state index in [1.165, 1.54) is 0 Å². The highest BCUT2D eigenvalue weighted by Crippen LogP contribution is 2.26. The Morgan fingerprint density at radius 1 is 1.03 bits per heavy atom. The number of carbonyl (C=O) groups is 3. The predicted octanol–water partition coefficient (Wildman–Crippen LogP) is 3.47. The molecule has 0 aromatic heterocycles. The number of hydrogen-bond donors (Lipinski definition) is 1. The van der Waals surface area contributed by atoms with Gasteiger partial charge in [-0.25, -0.2) is 0 Å². The fraction of sp³-hybridized carbons (Fsp3) is 0.348. The van der Waals surface area contributed by atoms with Gasteiger partial charge in [0.25, 0.3) is 5.91 Å². The molecule has 1 aliphatic heterocycles. The van der Waals surface area contributed by atoms with Crippen LogP contribution in [0.2, 0.25) is 0 Å². The van der Waals surface area contributed by atoms with Crippen LogP contribution in [0.3, 0.4) is 0 Å². The van der Waals surface area contributed by atoms with Gasteiger partial charge in [0.15, 0.2) is 0 Å². The van der Waals surface area contributed by atoms with Gasteiger partial charge in [0.2, 0.25) is 11.8 Å². The van der Waals surface area contributed by atoms with Gasteiger partial charge in [0, 0.05) is 43.0 Å². The summed E-state index contributed by atoms with van der Waals surface area (Å²) in [6.07, 6.45) is 0.193. The number of benzene rings is 2. The lowest BCUT2D eigenvalue weighted by Gasteiger charge is -2.19. The molecule has 152 valence electrons. The van der Waals surface area contributed by atoms with E-state index in [1.807, 2.05) is 45.0 Å². The molecule has 0 radical (unpaired) electrons. The second kappa shape index (κ2) is 8.90. The maximum absolute atomic E-state index is 12.6. The summed E-state index contributed by atoms with van der Waals surface area (Å²) >= 11 is 0. The third kappa shape index (κ3) is 4.65. The first-order valence-electron chi connectivity index (χ1n) is 10.00. The van der Waals surface area contributed by atoms with Gasteiger partial charge < -0.3 is 15.1 Å². The van der Waals surface area contributed by atoms with Crippen molar-refractivity contribution >= 4 is 29.1 Å². The zero-order valence-electron chi connectivity index (χ0n) is 17.1. The van der Waals surface area contributed by atoms with Crippen LogP contribution in [0.5, 0.6) is 0 Å². The van der Waals surface area contributed by atoms with Crippen molar-refractivity contribution in [2.24, 2.45) is 5.92 Å². The van der Waals surface area contributed by atoms with E-state index in [1.54, 1.807) is 34.1 Å². The van der Waals surface area contributed by atoms with Gasteiger partial charge in [-0.1, -0.05) is 17.7 Å². The Balaban J connectivity index is 1.62. The molecule has 1 aliphatic rings. The van der Waals surface area contributed by atoms with E-state index in [0.29, 0.717) is 30.9 Å². The number of hydrogen-bond acceptors (Lipinski definition) is 3. The minimum Gasteiger partial charge on any atom is -0.339 e. The van der Waals surface area contributed by atoms with Crippen LogP contribution in [-0.2, 0) is 9.59 Å². The molecule has 1 heterocycles. The monoisotopic (exact) mass is 393 g/mol. The largest absolute Gasteiger partial charge is 0.339 e. The lowest BCUT2D eigenvalue weighted by Crippen LogP contribution is -2.30. The minimum atomic E-state index is -0.402. The summed E-state index contributed by atoms with van der Waals surface area (Å²) in [5, 5.41) is 2.87. The molecule has 3 rings (SSSR count). The Morgan fingerprint density at radius 3 is 2.24 bits per heavy atom. The van der Waals surface area contributed by atoms with E-state index in [4.69, 9.17) is 0 Å². The van der Waals surface area contributed by atoms with E-state index in [2.05, 4.69) is 5.32 Å². The number of aryl methyl sites for hydroxylation is 1. The van der Waals surface area contributed by atoms with Gasteiger partial charge in [-0.3, -0.25) is 14.4 Å². The van der Waals surface area contributed by atoms with Crippen molar-refractivity contribution in [2.45, 2.75) is 27.2 Å². The molecule has 6 nitrogen and oxygen atoms in total. The molecule has 0 saturated carbocycles. The van der Waals surface area contributed by atoms with Gasteiger partial charge in [-0.05, 0) is 57.2 Å². The highest BCUT2D eigenvalue weighted by atomic mass is 16.2. The van der Waals surface area contributed by atoms with Crippen LogP contribution in [0, 0.1) is 12.8 Å². The Bertz CT molecular complexity index is 887. The number of anilines is 2. The molecule has 0 aliphatic carbocycles. The van der Waals surface area contributed by atoms with E-state index in [9.17, 15) is 14.4 Å². The summed E-state index contributed by atoms with van der Waals surface area (Å²) < 4.78 is 0. The predicted molar refractivity (Wildman–Crippen MR) is 114 cm³/mol. The number of nitrogens with zero attached hydrogens (tertiary/aromatic N) is 2. The van der Waals surface area contributed by atoms with Crippen molar-refractivity contribution in [1.82, 2.24) is 4.90 Å². The van der Waals surface area contributed by atoms with Crippen molar-refractivity contribution in [2.75, 3.05) is 29.9 Å². The highest BCUT2D eigenvalue weighted by Gasteiger charge is 2.35. The van der Waals surface area contributed by atoms with E-state index in [0.717, 1.165) is 11.3 Å². The zero-order valence-corrected chi connectivity index (χ0v) is 17.1. The van der Waals surface area contributed by atoms with Crippen molar-refractivity contribution in [3.63, 3.8) is 0 Å². The summed E-state index contributed by atoms with van der Waals surface area (Å²) in [7, 11) is 0. The molecule has 6 heteroatoms. The second-order valence-electron chi connectivity index (χ2n) is 7.28. The molecule has 0 spiro atoms. The Kier molecular flexibility index (Phi) is 6.32. The molecule has 3 amide bonds. The zero-order chi connectivity index (χ0) is 21.0. The Hall–Kier alpha value is -3.15. The average molecular weight is 393 g/mol. The maximum Gasteiger partial charge on any atom is 0.253 e. The number of rotatable bonds is 6.